The lowest BCUT2D eigenvalue weighted by Crippen LogP contribution is -1.93. The van der Waals surface area contributed by atoms with Crippen LogP contribution < -0.4 is 0 Å². The van der Waals surface area contributed by atoms with Gasteiger partial charge < -0.3 is 0 Å². The third-order valence-electron chi connectivity index (χ3n) is 2.76. The van der Waals surface area contributed by atoms with E-state index in [0.29, 0.717) is 0 Å². The van der Waals surface area contributed by atoms with E-state index < -0.39 is 0 Å². The first kappa shape index (κ1) is 9.97. The van der Waals surface area contributed by atoms with E-state index in [1.807, 2.05) is 6.07 Å². The number of hydrogen-bond donors (Lipinski definition) is 0. The van der Waals surface area contributed by atoms with Crippen LogP contribution in [0.5, 0.6) is 0 Å². The summed E-state index contributed by atoms with van der Waals surface area (Å²) in [6.07, 6.45) is 0.979. The Bertz CT molecular complexity index is 412. The molecule has 0 nitrogen and oxygen atoms in total. The summed E-state index contributed by atoms with van der Waals surface area (Å²) in [7, 11) is 0. The van der Waals surface area contributed by atoms with Crippen molar-refractivity contribution in [2.75, 3.05) is 0 Å². The molecular weight excluding hydrogens is 180 g/mol. The minimum atomic E-state index is 0.979. The van der Waals surface area contributed by atoms with Crippen molar-refractivity contribution in [1.29, 1.82) is 0 Å². The molecule has 15 heavy (non-hydrogen) atoms. The fourth-order valence-corrected chi connectivity index (χ4v) is 1.74. The molecular formula is C15H15. The van der Waals surface area contributed by atoms with Gasteiger partial charge in [-0.1, -0.05) is 48.5 Å². The van der Waals surface area contributed by atoms with Crippen LogP contribution in [-0.2, 0) is 6.42 Å². The lowest BCUT2D eigenvalue weighted by atomic mass is 9.98. The summed E-state index contributed by atoms with van der Waals surface area (Å²) in [5.41, 5.74) is 5.17. The molecule has 0 unspecified atom stereocenters. The summed E-state index contributed by atoms with van der Waals surface area (Å²) >= 11 is 0. The van der Waals surface area contributed by atoms with Crippen molar-refractivity contribution < 1.29 is 0 Å². The Morgan fingerprint density at radius 1 is 0.867 bits per heavy atom. The monoisotopic (exact) mass is 195 g/mol. The van der Waals surface area contributed by atoms with Gasteiger partial charge >= 0.3 is 0 Å². The normalized spacial score (nSPS) is 10.3. The molecule has 0 fully saturated rings. The molecule has 0 saturated carbocycles. The first-order chi connectivity index (χ1) is 7.27. The van der Waals surface area contributed by atoms with Crippen LogP contribution in [0.15, 0.2) is 48.5 Å². The van der Waals surface area contributed by atoms with Crippen molar-refractivity contribution >= 4 is 0 Å². The summed E-state index contributed by atoms with van der Waals surface area (Å²) in [4.78, 5) is 0. The molecule has 0 amide bonds. The minimum Gasteiger partial charge on any atom is -0.0620 e. The molecule has 0 bridgehead atoms. The second kappa shape index (κ2) is 4.31. The second-order valence-electron chi connectivity index (χ2n) is 3.87. The van der Waals surface area contributed by atoms with Crippen LogP contribution in [0.2, 0.25) is 0 Å². The third-order valence-corrected chi connectivity index (χ3v) is 2.76. The van der Waals surface area contributed by atoms with E-state index >= 15 is 0 Å². The molecule has 0 aliphatic rings. The van der Waals surface area contributed by atoms with Crippen LogP contribution in [0.25, 0.3) is 0 Å². The predicted molar refractivity (Wildman–Crippen MR) is 64.9 cm³/mol. The highest BCUT2D eigenvalue weighted by Gasteiger charge is 2.01. The van der Waals surface area contributed by atoms with Gasteiger partial charge in [0, 0.05) is 0 Å². The summed E-state index contributed by atoms with van der Waals surface area (Å²) in [6.45, 7) is 6.20. The fraction of sp³-hybridized carbons (Fsp3) is 0.133. The molecule has 1 radical (unpaired) electrons. The molecule has 0 aliphatic heterocycles. The molecule has 75 valence electrons. The van der Waals surface area contributed by atoms with Crippen molar-refractivity contribution in [3.8, 4) is 0 Å². The summed E-state index contributed by atoms with van der Waals surface area (Å²) in [5.74, 6) is 0. The number of aryl methyl sites for hydroxylation is 1. The average Bonchev–Trinajstić information content (AvgIpc) is 2.24. The molecule has 2 aromatic carbocycles. The molecule has 0 aromatic heterocycles. The van der Waals surface area contributed by atoms with E-state index in [-0.39, 0.29) is 0 Å². The largest absolute Gasteiger partial charge is 0.0620 e. The van der Waals surface area contributed by atoms with Gasteiger partial charge in [0.1, 0.15) is 0 Å². The molecule has 0 heterocycles. The molecule has 2 aromatic rings. The topological polar surface area (TPSA) is 0 Å². The molecule has 0 spiro atoms. The van der Waals surface area contributed by atoms with E-state index in [0.717, 1.165) is 12.0 Å². The number of benzene rings is 2. The summed E-state index contributed by atoms with van der Waals surface area (Å²) in [5, 5.41) is 0. The van der Waals surface area contributed by atoms with Gasteiger partial charge in [0.2, 0.25) is 0 Å². The molecule has 0 aliphatic carbocycles. The van der Waals surface area contributed by atoms with Gasteiger partial charge in [-0.2, -0.15) is 0 Å². The third kappa shape index (κ3) is 2.27. The number of rotatable bonds is 2. The Morgan fingerprint density at radius 3 is 2.13 bits per heavy atom. The van der Waals surface area contributed by atoms with Crippen LogP contribution in [0.1, 0.15) is 22.3 Å². The SMILES string of the molecule is [CH2]c1ccccc1Cc1ccccc1C. The van der Waals surface area contributed by atoms with Crippen molar-refractivity contribution in [3.63, 3.8) is 0 Å². The summed E-state index contributed by atoms with van der Waals surface area (Å²) < 4.78 is 0. The van der Waals surface area contributed by atoms with Gasteiger partial charge in [0.15, 0.2) is 0 Å². The van der Waals surface area contributed by atoms with Crippen LogP contribution in [0.3, 0.4) is 0 Å². The van der Waals surface area contributed by atoms with E-state index in [4.69, 9.17) is 0 Å². The van der Waals surface area contributed by atoms with E-state index in [1.54, 1.807) is 0 Å². The Hall–Kier alpha value is -1.56. The van der Waals surface area contributed by atoms with Crippen molar-refractivity contribution in [2.24, 2.45) is 0 Å². The van der Waals surface area contributed by atoms with Gasteiger partial charge in [-0.25, -0.2) is 0 Å². The maximum Gasteiger partial charge on any atom is -0.00204 e. The van der Waals surface area contributed by atoms with Crippen LogP contribution in [-0.4, -0.2) is 0 Å². The van der Waals surface area contributed by atoms with E-state index in [1.165, 1.54) is 16.7 Å². The zero-order chi connectivity index (χ0) is 10.7. The minimum absolute atomic E-state index is 0.979. The van der Waals surface area contributed by atoms with Gasteiger partial charge in [-0.05, 0) is 42.5 Å². The van der Waals surface area contributed by atoms with Gasteiger partial charge in [-0.3, -0.25) is 0 Å². The van der Waals surface area contributed by atoms with Gasteiger partial charge in [0.05, 0.1) is 0 Å². The average molecular weight is 195 g/mol. The maximum atomic E-state index is 4.05. The predicted octanol–water partition coefficient (Wildman–Crippen LogP) is 3.77. The van der Waals surface area contributed by atoms with Crippen molar-refractivity contribution in [1.82, 2.24) is 0 Å². The lowest BCUT2D eigenvalue weighted by molar-refractivity contribution is 1.14. The van der Waals surface area contributed by atoms with E-state index in [2.05, 4.69) is 56.3 Å². The molecule has 0 N–H and O–H groups in total. The van der Waals surface area contributed by atoms with Crippen molar-refractivity contribution in [2.45, 2.75) is 13.3 Å². The smallest absolute Gasteiger partial charge is 0.00204 e. The van der Waals surface area contributed by atoms with Gasteiger partial charge in [0.25, 0.3) is 0 Å². The standard InChI is InChI=1S/C15H15/c1-12-7-3-5-9-14(12)11-15-10-6-4-8-13(15)2/h3-10H,1,11H2,2H3. The quantitative estimate of drug-likeness (QED) is 0.684. The Balaban J connectivity index is 2.30. The first-order valence-corrected chi connectivity index (χ1v) is 5.22. The Morgan fingerprint density at radius 2 is 1.47 bits per heavy atom. The molecule has 0 atom stereocenters. The van der Waals surface area contributed by atoms with Crippen molar-refractivity contribution in [3.05, 3.63) is 77.7 Å². The van der Waals surface area contributed by atoms with E-state index in [9.17, 15) is 0 Å². The maximum absolute atomic E-state index is 4.05. The molecule has 0 saturated heterocycles. The van der Waals surface area contributed by atoms with Crippen LogP contribution in [0.4, 0.5) is 0 Å². The second-order valence-corrected chi connectivity index (χ2v) is 3.87. The lowest BCUT2D eigenvalue weighted by Gasteiger charge is -2.07. The zero-order valence-electron chi connectivity index (χ0n) is 9.03. The van der Waals surface area contributed by atoms with Crippen LogP contribution in [0, 0.1) is 13.8 Å². The molecule has 2 rings (SSSR count). The number of hydrogen-bond acceptors (Lipinski definition) is 0. The zero-order valence-corrected chi connectivity index (χ0v) is 9.03. The Labute approximate surface area is 91.6 Å². The van der Waals surface area contributed by atoms with Crippen LogP contribution >= 0.6 is 0 Å². The highest BCUT2D eigenvalue weighted by Crippen LogP contribution is 2.16. The Kier molecular flexibility index (Phi) is 2.86. The fourth-order valence-electron chi connectivity index (χ4n) is 1.74. The highest BCUT2D eigenvalue weighted by molar-refractivity contribution is 5.37. The first-order valence-electron chi connectivity index (χ1n) is 5.22. The van der Waals surface area contributed by atoms with Gasteiger partial charge in [-0.15, -0.1) is 0 Å². The summed E-state index contributed by atoms with van der Waals surface area (Å²) in [6, 6.07) is 16.8. The highest BCUT2D eigenvalue weighted by atomic mass is 14.1. The molecule has 0 heteroatoms.